The molecule has 10 heteroatoms. The van der Waals surface area contributed by atoms with Crippen molar-refractivity contribution >= 4 is 17.3 Å². The average Bonchev–Trinajstić information content (AvgIpc) is 3.20. The molecule has 0 bridgehead atoms. The van der Waals surface area contributed by atoms with Gasteiger partial charge in [-0.15, -0.1) is 10.2 Å². The van der Waals surface area contributed by atoms with Crippen LogP contribution < -0.4 is 21.3 Å². The minimum absolute atomic E-state index is 0.0443. The van der Waals surface area contributed by atoms with Crippen LogP contribution in [-0.2, 0) is 13.0 Å². The number of Topliss-reactive ketones (excluding diaryl/α,β-unsaturated/α-hetero) is 1. The first-order valence-corrected chi connectivity index (χ1v) is 10.2. The predicted molar refractivity (Wildman–Crippen MR) is 118 cm³/mol. The maximum absolute atomic E-state index is 13.0. The number of carbonyl (C=O) groups is 1. The first kappa shape index (κ1) is 21.3. The monoisotopic (exact) mass is 436 g/mol. The summed E-state index contributed by atoms with van der Waals surface area (Å²) in [5, 5.41) is 16.1. The Labute approximate surface area is 184 Å². The fraction of sp³-hybridized carbons (Fsp3) is 0.273. The molecule has 0 spiro atoms. The normalized spacial score (nSPS) is 13.5. The first-order chi connectivity index (χ1) is 15.4. The van der Waals surface area contributed by atoms with Crippen molar-refractivity contribution in [3.63, 3.8) is 0 Å². The van der Waals surface area contributed by atoms with Gasteiger partial charge in [0.05, 0.1) is 5.56 Å². The zero-order valence-electron chi connectivity index (χ0n) is 18.0. The Morgan fingerprint density at radius 1 is 1.28 bits per heavy atom. The van der Waals surface area contributed by atoms with Crippen molar-refractivity contribution in [2.45, 2.75) is 33.3 Å². The number of amidine groups is 1. The molecule has 1 aliphatic rings. The summed E-state index contributed by atoms with van der Waals surface area (Å²) in [7, 11) is 1.73. The fourth-order valence-electron chi connectivity index (χ4n) is 3.58. The number of benzene rings is 1. The number of rotatable bonds is 7. The van der Waals surface area contributed by atoms with Crippen molar-refractivity contribution in [3.8, 4) is 11.5 Å². The zero-order chi connectivity index (χ0) is 22.8. The van der Waals surface area contributed by atoms with Crippen LogP contribution in [0.15, 0.2) is 46.6 Å². The number of hydrazine groups is 2. The van der Waals surface area contributed by atoms with E-state index in [0.717, 1.165) is 6.42 Å². The Hall–Kier alpha value is -3.92. The minimum atomic E-state index is -0.268. The number of pyridine rings is 1. The maximum atomic E-state index is 13.0. The Morgan fingerprint density at radius 3 is 2.78 bits per heavy atom. The lowest BCUT2D eigenvalue weighted by Gasteiger charge is -2.15. The highest BCUT2D eigenvalue weighted by molar-refractivity contribution is 5.98. The minimum Gasteiger partial charge on any atom is -0.507 e. The van der Waals surface area contributed by atoms with E-state index in [4.69, 9.17) is 4.74 Å². The van der Waals surface area contributed by atoms with Gasteiger partial charge in [0.15, 0.2) is 11.6 Å². The summed E-state index contributed by atoms with van der Waals surface area (Å²) in [4.78, 5) is 29.2. The van der Waals surface area contributed by atoms with Crippen LogP contribution >= 0.6 is 0 Å². The number of nitrogens with one attached hydrogen (secondary N) is 2. The van der Waals surface area contributed by atoms with Gasteiger partial charge in [-0.05, 0) is 31.5 Å². The number of ketones is 1. The Kier molecular flexibility index (Phi) is 5.78. The third kappa shape index (κ3) is 3.87. The van der Waals surface area contributed by atoms with E-state index in [-0.39, 0.29) is 29.3 Å². The zero-order valence-corrected chi connectivity index (χ0v) is 18.0. The molecule has 3 heterocycles. The molecular weight excluding hydrogens is 412 g/mol. The molecule has 32 heavy (non-hydrogen) atoms. The van der Waals surface area contributed by atoms with Crippen molar-refractivity contribution in [1.29, 1.82) is 0 Å². The second kappa shape index (κ2) is 8.67. The van der Waals surface area contributed by atoms with Gasteiger partial charge in [-0.25, -0.2) is 10.5 Å². The summed E-state index contributed by atoms with van der Waals surface area (Å²) in [5.41, 5.74) is 7.70. The van der Waals surface area contributed by atoms with Crippen molar-refractivity contribution in [2.75, 3.05) is 7.05 Å². The third-order valence-electron chi connectivity index (χ3n) is 5.16. The number of nitrogens with zero attached hydrogens (tertiary/aromatic N) is 4. The van der Waals surface area contributed by atoms with Gasteiger partial charge in [-0.3, -0.25) is 19.4 Å². The van der Waals surface area contributed by atoms with Crippen LogP contribution in [0.5, 0.6) is 11.5 Å². The largest absolute Gasteiger partial charge is 0.507 e. The highest BCUT2D eigenvalue weighted by Crippen LogP contribution is 2.33. The SMILES string of the molecule is CCCc1c(OCc2cccn3c(=O)c(C4=NNN(C)N4)cnc23)ccc(C(C)=O)c1O. The van der Waals surface area contributed by atoms with E-state index >= 15 is 0 Å². The molecule has 1 aromatic carbocycles. The quantitative estimate of drug-likeness (QED) is 0.479. The van der Waals surface area contributed by atoms with Crippen LogP contribution in [0.2, 0.25) is 0 Å². The number of aromatic nitrogens is 2. The summed E-state index contributed by atoms with van der Waals surface area (Å²) in [6.45, 7) is 3.54. The number of carbonyl (C=O) groups excluding carboxylic acids is 1. The van der Waals surface area contributed by atoms with Crippen LogP contribution in [0.4, 0.5) is 0 Å². The van der Waals surface area contributed by atoms with Crippen LogP contribution in [0.3, 0.4) is 0 Å². The third-order valence-corrected chi connectivity index (χ3v) is 5.16. The van der Waals surface area contributed by atoms with Gasteiger partial charge in [0.2, 0.25) is 0 Å². The second-order valence-electron chi connectivity index (χ2n) is 7.47. The van der Waals surface area contributed by atoms with E-state index in [2.05, 4.69) is 21.0 Å². The standard InChI is InChI=1S/C22H24N6O4/c1-4-6-16-18(9-8-15(13(2)29)19(16)30)32-12-14-7-5-10-28-21(14)23-11-17(22(28)31)20-24-26-27(3)25-20/h5,7-11,26,30H,4,6,12H2,1-3H3,(H,24,25). The molecule has 166 valence electrons. The highest BCUT2D eigenvalue weighted by atomic mass is 16.5. The lowest BCUT2D eigenvalue weighted by atomic mass is 10.0. The number of phenols is 1. The van der Waals surface area contributed by atoms with E-state index in [1.54, 1.807) is 31.4 Å². The van der Waals surface area contributed by atoms with Crippen LogP contribution in [0.25, 0.3) is 5.65 Å². The highest BCUT2D eigenvalue weighted by Gasteiger charge is 2.19. The molecule has 3 aromatic rings. The summed E-state index contributed by atoms with van der Waals surface area (Å²) < 4.78 is 7.45. The fourth-order valence-corrected chi connectivity index (χ4v) is 3.58. The summed E-state index contributed by atoms with van der Waals surface area (Å²) in [6, 6.07) is 6.82. The van der Waals surface area contributed by atoms with Crippen molar-refractivity contribution in [3.05, 3.63) is 69.3 Å². The van der Waals surface area contributed by atoms with Crippen molar-refractivity contribution < 1.29 is 14.6 Å². The number of hydrogen-bond donors (Lipinski definition) is 3. The van der Waals surface area contributed by atoms with Gasteiger partial charge in [-0.1, -0.05) is 19.4 Å². The maximum Gasteiger partial charge on any atom is 0.268 e. The second-order valence-corrected chi connectivity index (χ2v) is 7.47. The van der Waals surface area contributed by atoms with Crippen LogP contribution in [0, 0.1) is 0 Å². The van der Waals surface area contributed by atoms with E-state index in [1.165, 1.54) is 22.6 Å². The Balaban J connectivity index is 1.66. The van der Waals surface area contributed by atoms with E-state index < -0.39 is 0 Å². The number of hydrogen-bond acceptors (Lipinski definition) is 9. The van der Waals surface area contributed by atoms with Gasteiger partial charge >= 0.3 is 0 Å². The molecule has 0 atom stereocenters. The molecule has 0 unspecified atom stereocenters. The molecule has 0 fully saturated rings. The summed E-state index contributed by atoms with van der Waals surface area (Å²) in [5.74, 6) is 0.625. The summed E-state index contributed by atoms with van der Waals surface area (Å²) >= 11 is 0. The van der Waals surface area contributed by atoms with Crippen LogP contribution in [-0.4, -0.2) is 38.3 Å². The smallest absolute Gasteiger partial charge is 0.268 e. The molecule has 0 amide bonds. The molecule has 0 saturated heterocycles. The summed E-state index contributed by atoms with van der Waals surface area (Å²) in [6.07, 6.45) is 4.46. The van der Waals surface area contributed by atoms with E-state index in [0.29, 0.717) is 40.3 Å². The molecule has 0 saturated carbocycles. The first-order valence-electron chi connectivity index (χ1n) is 10.2. The number of phenolic OH excluding ortho intramolecular Hbond substituents is 1. The lowest BCUT2D eigenvalue weighted by molar-refractivity contribution is 0.101. The van der Waals surface area contributed by atoms with Crippen LogP contribution in [0.1, 0.15) is 47.3 Å². The number of ether oxygens (including phenoxy) is 1. The van der Waals surface area contributed by atoms with Gasteiger partial charge < -0.3 is 9.84 Å². The molecule has 3 N–H and O–H groups in total. The Bertz CT molecular complexity index is 1280. The molecule has 10 nitrogen and oxygen atoms in total. The number of fused-ring (bicyclic) bond motifs is 1. The van der Waals surface area contributed by atoms with E-state index in [9.17, 15) is 14.7 Å². The predicted octanol–water partition coefficient (Wildman–Crippen LogP) is 1.75. The number of aromatic hydroxyl groups is 1. The Morgan fingerprint density at radius 2 is 2.09 bits per heavy atom. The molecule has 0 radical (unpaired) electrons. The van der Waals surface area contributed by atoms with Gasteiger partial charge in [0.1, 0.15) is 29.3 Å². The van der Waals surface area contributed by atoms with Crippen molar-refractivity contribution in [1.82, 2.24) is 25.5 Å². The molecule has 2 aromatic heterocycles. The van der Waals surface area contributed by atoms with Gasteiger partial charge in [0.25, 0.3) is 5.56 Å². The molecule has 4 rings (SSSR count). The lowest BCUT2D eigenvalue weighted by Crippen LogP contribution is -2.39. The molecule has 0 aliphatic carbocycles. The molecular formula is C22H24N6O4. The van der Waals surface area contributed by atoms with Gasteiger partial charge in [-0.2, -0.15) is 0 Å². The van der Waals surface area contributed by atoms with E-state index in [1.807, 2.05) is 13.0 Å². The van der Waals surface area contributed by atoms with Crippen molar-refractivity contribution in [2.24, 2.45) is 5.10 Å². The van der Waals surface area contributed by atoms with Gasteiger partial charge in [0, 0.05) is 30.6 Å². The molecule has 1 aliphatic heterocycles. The number of hydrazone groups is 1. The average molecular weight is 436 g/mol. The topological polar surface area (TPSA) is 121 Å².